The number of ketones is 1. The Bertz CT molecular complexity index is 447. The molecule has 0 saturated carbocycles. The standard InChI is InChI=1S/C14H17Cl2NO/c1-2-11-4-3-7-17(11)9-14(18)12-8-10(15)5-6-13(12)16/h5-6,8,11H,2-4,7,9H2,1H3. The van der Waals surface area contributed by atoms with Crippen LogP contribution in [0.5, 0.6) is 0 Å². The van der Waals surface area contributed by atoms with Crippen molar-refractivity contribution in [3.05, 3.63) is 33.8 Å². The van der Waals surface area contributed by atoms with Gasteiger partial charge in [-0.3, -0.25) is 9.69 Å². The van der Waals surface area contributed by atoms with Gasteiger partial charge in [0.1, 0.15) is 0 Å². The van der Waals surface area contributed by atoms with Gasteiger partial charge in [0.2, 0.25) is 0 Å². The minimum Gasteiger partial charge on any atom is -0.293 e. The molecule has 1 saturated heterocycles. The number of Topliss-reactive ketones (excluding diaryl/α,β-unsaturated/α-hetero) is 1. The maximum atomic E-state index is 12.3. The molecule has 2 rings (SSSR count). The molecule has 1 aromatic rings. The second-order valence-electron chi connectivity index (χ2n) is 4.72. The quantitative estimate of drug-likeness (QED) is 0.778. The Balaban J connectivity index is 2.09. The number of benzene rings is 1. The Kier molecular flexibility index (Phi) is 4.66. The van der Waals surface area contributed by atoms with Crippen molar-refractivity contribution >= 4 is 29.0 Å². The number of carbonyl (C=O) groups is 1. The molecule has 98 valence electrons. The van der Waals surface area contributed by atoms with Gasteiger partial charge in [-0.05, 0) is 44.0 Å². The zero-order chi connectivity index (χ0) is 13.1. The van der Waals surface area contributed by atoms with Crippen molar-refractivity contribution in [2.45, 2.75) is 32.2 Å². The Morgan fingerprint density at radius 2 is 2.22 bits per heavy atom. The van der Waals surface area contributed by atoms with Crippen LogP contribution >= 0.6 is 23.2 Å². The Labute approximate surface area is 118 Å². The minimum atomic E-state index is 0.0582. The average molecular weight is 286 g/mol. The van der Waals surface area contributed by atoms with Gasteiger partial charge < -0.3 is 0 Å². The van der Waals surface area contributed by atoms with Gasteiger partial charge in [-0.15, -0.1) is 0 Å². The topological polar surface area (TPSA) is 20.3 Å². The highest BCUT2D eigenvalue weighted by atomic mass is 35.5. The number of hydrogen-bond acceptors (Lipinski definition) is 2. The van der Waals surface area contributed by atoms with Crippen LogP contribution in [0.1, 0.15) is 36.5 Å². The second kappa shape index (κ2) is 6.05. The van der Waals surface area contributed by atoms with Gasteiger partial charge in [0.05, 0.1) is 11.6 Å². The van der Waals surface area contributed by atoms with Crippen LogP contribution < -0.4 is 0 Å². The molecule has 2 nitrogen and oxygen atoms in total. The highest BCUT2D eigenvalue weighted by Gasteiger charge is 2.25. The van der Waals surface area contributed by atoms with Gasteiger partial charge in [-0.25, -0.2) is 0 Å². The summed E-state index contributed by atoms with van der Waals surface area (Å²) in [5.41, 5.74) is 0.533. The first-order valence-corrected chi connectivity index (χ1v) is 7.09. The van der Waals surface area contributed by atoms with Crippen LogP contribution in [0.4, 0.5) is 0 Å². The number of rotatable bonds is 4. The normalized spacial score (nSPS) is 20.3. The fraction of sp³-hybridized carbons (Fsp3) is 0.500. The van der Waals surface area contributed by atoms with Crippen LogP contribution in [0, 0.1) is 0 Å². The molecule has 4 heteroatoms. The van der Waals surface area contributed by atoms with Gasteiger partial charge in [0.15, 0.2) is 5.78 Å². The molecule has 0 N–H and O–H groups in total. The molecule has 18 heavy (non-hydrogen) atoms. The van der Waals surface area contributed by atoms with Crippen LogP contribution in [0.2, 0.25) is 10.0 Å². The van der Waals surface area contributed by atoms with Gasteiger partial charge in [0.25, 0.3) is 0 Å². The van der Waals surface area contributed by atoms with Crippen molar-refractivity contribution in [1.29, 1.82) is 0 Å². The monoisotopic (exact) mass is 285 g/mol. The summed E-state index contributed by atoms with van der Waals surface area (Å²) in [5.74, 6) is 0.0582. The molecule has 1 aliphatic heterocycles. The highest BCUT2D eigenvalue weighted by Crippen LogP contribution is 2.24. The maximum Gasteiger partial charge on any atom is 0.178 e. The summed E-state index contributed by atoms with van der Waals surface area (Å²) in [4.78, 5) is 14.5. The number of halogens is 2. The maximum absolute atomic E-state index is 12.3. The van der Waals surface area contributed by atoms with Crippen LogP contribution in [-0.4, -0.2) is 29.8 Å². The predicted octanol–water partition coefficient (Wildman–Crippen LogP) is 4.05. The van der Waals surface area contributed by atoms with Crippen molar-refractivity contribution in [3.8, 4) is 0 Å². The molecule has 0 radical (unpaired) electrons. The van der Waals surface area contributed by atoms with E-state index in [0.717, 1.165) is 13.0 Å². The fourth-order valence-electron chi connectivity index (χ4n) is 2.55. The lowest BCUT2D eigenvalue weighted by molar-refractivity contribution is 0.0920. The van der Waals surface area contributed by atoms with E-state index in [9.17, 15) is 4.79 Å². The first-order valence-electron chi connectivity index (χ1n) is 6.34. The van der Waals surface area contributed by atoms with Gasteiger partial charge in [-0.1, -0.05) is 30.1 Å². The number of nitrogens with zero attached hydrogens (tertiary/aromatic N) is 1. The summed E-state index contributed by atoms with van der Waals surface area (Å²) in [6.45, 7) is 3.61. The van der Waals surface area contributed by atoms with E-state index < -0.39 is 0 Å². The summed E-state index contributed by atoms with van der Waals surface area (Å²) in [6, 6.07) is 5.57. The van der Waals surface area contributed by atoms with Crippen molar-refractivity contribution < 1.29 is 4.79 Å². The Morgan fingerprint density at radius 1 is 1.44 bits per heavy atom. The van der Waals surface area contributed by atoms with Gasteiger partial charge in [0, 0.05) is 16.6 Å². The van der Waals surface area contributed by atoms with Crippen molar-refractivity contribution in [2.24, 2.45) is 0 Å². The Morgan fingerprint density at radius 3 is 2.94 bits per heavy atom. The molecule has 0 bridgehead atoms. The third-order valence-corrected chi connectivity index (χ3v) is 4.11. The third kappa shape index (κ3) is 3.05. The second-order valence-corrected chi connectivity index (χ2v) is 5.57. The minimum absolute atomic E-state index is 0.0582. The van der Waals surface area contributed by atoms with Crippen LogP contribution in [0.25, 0.3) is 0 Å². The molecular weight excluding hydrogens is 269 g/mol. The predicted molar refractivity (Wildman–Crippen MR) is 75.7 cm³/mol. The molecule has 1 fully saturated rings. The summed E-state index contributed by atoms with van der Waals surface area (Å²) in [5, 5.41) is 1.04. The zero-order valence-corrected chi connectivity index (χ0v) is 12.0. The van der Waals surface area contributed by atoms with E-state index in [0.29, 0.717) is 28.2 Å². The van der Waals surface area contributed by atoms with Crippen LogP contribution in [0.15, 0.2) is 18.2 Å². The molecule has 0 aliphatic carbocycles. The van der Waals surface area contributed by atoms with Crippen molar-refractivity contribution in [3.63, 3.8) is 0 Å². The first-order chi connectivity index (χ1) is 8.61. The Hall–Kier alpha value is -0.570. The van der Waals surface area contributed by atoms with E-state index in [1.807, 2.05) is 0 Å². The smallest absolute Gasteiger partial charge is 0.178 e. The first kappa shape index (κ1) is 13.9. The van der Waals surface area contributed by atoms with Gasteiger partial charge in [-0.2, -0.15) is 0 Å². The molecule has 1 unspecified atom stereocenters. The summed E-state index contributed by atoms with van der Waals surface area (Å²) < 4.78 is 0. The van der Waals surface area contributed by atoms with E-state index in [1.165, 1.54) is 12.8 Å². The molecule has 1 heterocycles. The average Bonchev–Trinajstić information content (AvgIpc) is 2.79. The number of hydrogen-bond donors (Lipinski definition) is 0. The molecule has 1 aromatic carbocycles. The zero-order valence-electron chi connectivity index (χ0n) is 10.5. The van der Waals surface area contributed by atoms with Crippen LogP contribution in [0.3, 0.4) is 0 Å². The molecule has 0 aromatic heterocycles. The highest BCUT2D eigenvalue weighted by molar-refractivity contribution is 6.36. The number of likely N-dealkylation sites (tertiary alicyclic amines) is 1. The van der Waals surface area contributed by atoms with Crippen molar-refractivity contribution in [2.75, 3.05) is 13.1 Å². The molecule has 0 amide bonds. The lowest BCUT2D eigenvalue weighted by Gasteiger charge is -2.22. The van der Waals surface area contributed by atoms with Gasteiger partial charge >= 0.3 is 0 Å². The van der Waals surface area contributed by atoms with Crippen LogP contribution in [-0.2, 0) is 0 Å². The number of carbonyl (C=O) groups excluding carboxylic acids is 1. The lowest BCUT2D eigenvalue weighted by atomic mass is 10.1. The van der Waals surface area contributed by atoms with E-state index in [2.05, 4.69) is 11.8 Å². The van der Waals surface area contributed by atoms with E-state index in [-0.39, 0.29) is 5.78 Å². The SMILES string of the molecule is CCC1CCCN1CC(=O)c1cc(Cl)ccc1Cl. The van der Waals surface area contributed by atoms with E-state index in [1.54, 1.807) is 18.2 Å². The van der Waals surface area contributed by atoms with Crippen molar-refractivity contribution in [1.82, 2.24) is 4.90 Å². The van der Waals surface area contributed by atoms with E-state index >= 15 is 0 Å². The molecule has 1 aliphatic rings. The summed E-state index contributed by atoms with van der Waals surface area (Å²) in [7, 11) is 0. The largest absolute Gasteiger partial charge is 0.293 e. The fourth-order valence-corrected chi connectivity index (χ4v) is 2.94. The lowest BCUT2D eigenvalue weighted by Crippen LogP contribution is -2.34. The molecular formula is C14H17Cl2NO. The van der Waals surface area contributed by atoms with E-state index in [4.69, 9.17) is 23.2 Å². The molecule has 0 spiro atoms. The third-order valence-electron chi connectivity index (χ3n) is 3.55. The summed E-state index contributed by atoms with van der Waals surface area (Å²) in [6.07, 6.45) is 3.46. The summed E-state index contributed by atoms with van der Waals surface area (Å²) >= 11 is 12.0. The molecule has 1 atom stereocenters.